The molecule has 18 heteroatoms. The third kappa shape index (κ3) is 10.6. The first-order chi connectivity index (χ1) is 29.4. The average molecular weight is 879 g/mol. The van der Waals surface area contributed by atoms with Gasteiger partial charge in [0.25, 0.3) is 0 Å². The number of amides is 2. The molecule has 0 aliphatic heterocycles. The van der Waals surface area contributed by atoms with Crippen LogP contribution in [0.5, 0.6) is 11.5 Å². The highest BCUT2D eigenvalue weighted by atomic mass is 32.1. The zero-order chi connectivity index (χ0) is 44.3. The number of carbonyl (C=O) groups excluding carboxylic acids is 3. The van der Waals surface area contributed by atoms with E-state index in [0.29, 0.717) is 69.6 Å². The molecule has 0 saturated carbocycles. The monoisotopic (exact) mass is 878 g/mol. The molecule has 7 aromatic rings. The molecule has 2 amide bonds. The molecule has 2 N–H and O–H groups in total. The molecule has 0 unspecified atom stereocenters. The molecule has 0 saturated heterocycles. The lowest BCUT2D eigenvalue weighted by Crippen LogP contribution is -2.27. The molecule has 0 radical (unpaired) electrons. The fraction of sp³-hybridized carbons (Fsp3) is 0.318. The van der Waals surface area contributed by atoms with Crippen LogP contribution in [0.15, 0.2) is 77.9 Å². The molecular weight excluding hydrogens is 833 g/mol. The van der Waals surface area contributed by atoms with Crippen molar-refractivity contribution < 1.29 is 33.3 Å². The number of aryl methyl sites for hydroxylation is 1. The van der Waals surface area contributed by atoms with Gasteiger partial charge in [0.1, 0.15) is 33.9 Å². The van der Waals surface area contributed by atoms with Crippen molar-refractivity contribution in [1.82, 2.24) is 29.5 Å². The second kappa shape index (κ2) is 17.7. The number of aromatic nitrogens is 6. The quantitative estimate of drug-likeness (QED) is 0.148. The molecule has 1 aliphatic carbocycles. The number of carbonyl (C=O) groups is 3. The van der Waals surface area contributed by atoms with Crippen LogP contribution in [0.4, 0.5) is 19.9 Å². The van der Waals surface area contributed by atoms with Crippen LogP contribution in [0, 0.1) is 0 Å². The third-order valence-electron chi connectivity index (χ3n) is 9.07. The van der Waals surface area contributed by atoms with Crippen LogP contribution >= 0.6 is 22.7 Å². The molecule has 0 atom stereocenters. The summed E-state index contributed by atoms with van der Waals surface area (Å²) >= 11 is 2.63. The summed E-state index contributed by atoms with van der Waals surface area (Å²) in [6, 6.07) is 18.5. The molecule has 0 bridgehead atoms. The normalized spacial score (nSPS) is 12.4. The van der Waals surface area contributed by atoms with Crippen molar-refractivity contribution in [2.75, 3.05) is 24.9 Å². The Hall–Kier alpha value is -6.66. The predicted octanol–water partition coefficient (Wildman–Crippen LogP) is 8.95. The van der Waals surface area contributed by atoms with E-state index in [1.54, 1.807) is 77.4 Å². The summed E-state index contributed by atoms with van der Waals surface area (Å²) in [6.07, 6.45) is 3.44. The van der Waals surface area contributed by atoms with Gasteiger partial charge in [-0.25, -0.2) is 19.6 Å². The van der Waals surface area contributed by atoms with E-state index in [0.717, 1.165) is 32.2 Å². The van der Waals surface area contributed by atoms with Crippen molar-refractivity contribution in [3.63, 3.8) is 0 Å². The molecule has 4 aromatic heterocycles. The summed E-state index contributed by atoms with van der Waals surface area (Å²) in [7, 11) is 3.25. The standard InChI is InChI=1S/C22H24N4O4S.C22H22N4O4S/c2*1-22(2,3)30-21(28)24-20-23-19-15-12-26(11-13-5-7-14(29-4)8-6-13)25-18(15)16(27)9-10-17(19)31-20/h5-8,12H,9-11H2,1-4H3,(H,23,24,28);5-10,12H,11H2,1-4H3,(H,23,24,28). The molecule has 4 heterocycles. The molecular formula is C44H46N8O8S2. The van der Waals surface area contributed by atoms with Gasteiger partial charge in [-0.1, -0.05) is 35.6 Å². The number of ether oxygens (including phenoxy) is 4. The number of fused-ring (bicyclic) bond motifs is 6. The van der Waals surface area contributed by atoms with Crippen LogP contribution in [-0.4, -0.2) is 72.9 Å². The summed E-state index contributed by atoms with van der Waals surface area (Å²) < 4.78 is 25.2. The van der Waals surface area contributed by atoms with Crippen LogP contribution in [0.3, 0.4) is 0 Å². The Morgan fingerprint density at radius 1 is 0.661 bits per heavy atom. The van der Waals surface area contributed by atoms with Gasteiger partial charge in [-0.3, -0.25) is 29.6 Å². The minimum Gasteiger partial charge on any atom is -0.497 e. The van der Waals surface area contributed by atoms with Crippen molar-refractivity contribution in [1.29, 1.82) is 0 Å². The molecule has 8 rings (SSSR count). The number of anilines is 2. The Morgan fingerprint density at radius 2 is 1.21 bits per heavy atom. The first-order valence-corrected chi connectivity index (χ1v) is 21.2. The van der Waals surface area contributed by atoms with E-state index in [1.807, 2.05) is 54.7 Å². The summed E-state index contributed by atoms with van der Waals surface area (Å²) in [4.78, 5) is 59.5. The average Bonchev–Trinajstić information content (AvgIpc) is 3.98. The minimum atomic E-state index is -0.611. The molecule has 1 aliphatic rings. The van der Waals surface area contributed by atoms with Crippen molar-refractivity contribution in [3.8, 4) is 22.8 Å². The number of benzene rings is 2. The Morgan fingerprint density at radius 3 is 1.76 bits per heavy atom. The summed E-state index contributed by atoms with van der Waals surface area (Å²) in [5.74, 6) is 1.56. The maximum absolute atomic E-state index is 12.6. The van der Waals surface area contributed by atoms with Crippen LogP contribution < -0.4 is 25.5 Å². The minimum absolute atomic E-state index is 0.00432. The lowest BCUT2D eigenvalue weighted by atomic mass is 10.1. The fourth-order valence-corrected chi connectivity index (χ4v) is 8.24. The van der Waals surface area contributed by atoms with Gasteiger partial charge in [-0.15, -0.1) is 11.3 Å². The summed E-state index contributed by atoms with van der Waals surface area (Å²) in [5, 5.41) is 15.9. The second-order valence-electron chi connectivity index (χ2n) is 16.3. The van der Waals surface area contributed by atoms with Crippen LogP contribution in [0.2, 0.25) is 0 Å². The smallest absolute Gasteiger partial charge is 0.413 e. The van der Waals surface area contributed by atoms with Crippen molar-refractivity contribution in [3.05, 3.63) is 105 Å². The number of methoxy groups -OCH3 is 2. The maximum atomic E-state index is 12.6. The van der Waals surface area contributed by atoms with Gasteiger partial charge in [0.05, 0.1) is 54.2 Å². The molecule has 322 valence electrons. The number of rotatable bonds is 8. The third-order valence-corrected chi connectivity index (χ3v) is 11.0. The van der Waals surface area contributed by atoms with E-state index in [9.17, 15) is 19.2 Å². The summed E-state index contributed by atoms with van der Waals surface area (Å²) in [5.41, 5.74) is 3.41. The Bertz CT molecular complexity index is 2830. The molecule has 62 heavy (non-hydrogen) atoms. The molecule has 0 spiro atoms. The second-order valence-corrected chi connectivity index (χ2v) is 18.4. The number of nitrogens with zero attached hydrogens (tertiary/aromatic N) is 6. The van der Waals surface area contributed by atoms with Gasteiger partial charge in [0, 0.05) is 23.7 Å². The van der Waals surface area contributed by atoms with E-state index in [1.165, 1.54) is 28.7 Å². The number of ketones is 1. The van der Waals surface area contributed by atoms with E-state index < -0.39 is 23.4 Å². The van der Waals surface area contributed by atoms with Crippen LogP contribution in [0.1, 0.15) is 74.5 Å². The highest BCUT2D eigenvalue weighted by Gasteiger charge is 2.28. The Kier molecular flexibility index (Phi) is 12.4. The first kappa shape index (κ1) is 43.4. The van der Waals surface area contributed by atoms with E-state index in [-0.39, 0.29) is 11.2 Å². The van der Waals surface area contributed by atoms with Crippen molar-refractivity contribution in [2.45, 2.75) is 78.7 Å². The highest BCUT2D eigenvalue weighted by molar-refractivity contribution is 7.22. The first-order valence-electron chi connectivity index (χ1n) is 19.6. The zero-order valence-corrected chi connectivity index (χ0v) is 37.2. The van der Waals surface area contributed by atoms with Gasteiger partial charge < -0.3 is 18.9 Å². The lowest BCUT2D eigenvalue weighted by Gasteiger charge is -2.18. The van der Waals surface area contributed by atoms with Crippen molar-refractivity contribution >= 4 is 72.0 Å². The number of hydrogen-bond donors (Lipinski definition) is 2. The fourth-order valence-electron chi connectivity index (χ4n) is 6.41. The van der Waals surface area contributed by atoms with E-state index in [2.05, 4.69) is 30.8 Å². The predicted molar refractivity (Wildman–Crippen MR) is 239 cm³/mol. The molecule has 0 fully saturated rings. The van der Waals surface area contributed by atoms with Gasteiger partial charge >= 0.3 is 12.2 Å². The van der Waals surface area contributed by atoms with Crippen LogP contribution in [-0.2, 0) is 29.0 Å². The topological polar surface area (TPSA) is 191 Å². The number of Topliss-reactive ketones (excluding diaryl/α,β-unsaturated/α-hetero) is 1. The van der Waals surface area contributed by atoms with E-state index in [4.69, 9.17) is 18.9 Å². The lowest BCUT2D eigenvalue weighted by molar-refractivity contribution is 0.0624. The van der Waals surface area contributed by atoms with Crippen molar-refractivity contribution in [2.24, 2.45) is 0 Å². The molecule has 16 nitrogen and oxygen atoms in total. The SMILES string of the molecule is COc1ccc(Cn2cc3c(n2)C(=O)CCc2sc(NC(=O)OC(C)(C)C)nc2-3)cc1.COc1ccc(Cn2cc3c(n2)c(=O)ccc2sc(NC(=O)OC(C)(C)C)nc23)cc1. The zero-order valence-electron chi connectivity index (χ0n) is 35.5. The Labute approximate surface area is 364 Å². The van der Waals surface area contributed by atoms with E-state index >= 15 is 0 Å². The Balaban J connectivity index is 0.000000186. The van der Waals surface area contributed by atoms with Gasteiger partial charge in [-0.05, 0) is 95.5 Å². The number of hydrogen-bond acceptors (Lipinski definition) is 14. The van der Waals surface area contributed by atoms with Gasteiger partial charge in [-0.2, -0.15) is 10.2 Å². The maximum Gasteiger partial charge on any atom is 0.413 e. The largest absolute Gasteiger partial charge is 0.497 e. The van der Waals surface area contributed by atoms with Crippen LogP contribution in [0.25, 0.3) is 32.4 Å². The number of thiazole rings is 2. The highest BCUT2D eigenvalue weighted by Crippen LogP contribution is 2.37. The molecule has 3 aromatic carbocycles. The summed E-state index contributed by atoms with van der Waals surface area (Å²) in [6.45, 7) is 11.8. The van der Waals surface area contributed by atoms with Gasteiger partial charge in [0.15, 0.2) is 16.0 Å². The van der Waals surface area contributed by atoms with Gasteiger partial charge in [0.2, 0.25) is 5.43 Å². The number of nitrogens with one attached hydrogen (secondary N) is 2.